The zero-order valence-electron chi connectivity index (χ0n) is 12.2. The Morgan fingerprint density at radius 1 is 1.33 bits per heavy atom. The monoisotopic (exact) mass is 312 g/mol. The lowest BCUT2D eigenvalue weighted by Gasteiger charge is -2.41. The van der Waals surface area contributed by atoms with Gasteiger partial charge in [0.1, 0.15) is 5.82 Å². The molecular formula is C15H21FN2O2S. The first-order chi connectivity index (χ1) is 9.95. The summed E-state index contributed by atoms with van der Waals surface area (Å²) < 4.78 is 40.1. The molecule has 0 aliphatic carbocycles. The molecule has 21 heavy (non-hydrogen) atoms. The molecule has 0 N–H and O–H groups in total. The molecule has 0 unspecified atom stereocenters. The first-order valence-electron chi connectivity index (χ1n) is 7.44. The average Bonchev–Trinajstić information content (AvgIpc) is 2.84. The number of sulfonamides is 1. The Morgan fingerprint density at radius 2 is 2.14 bits per heavy atom. The van der Waals surface area contributed by atoms with Crippen LogP contribution >= 0.6 is 0 Å². The van der Waals surface area contributed by atoms with Gasteiger partial charge in [0.05, 0.1) is 5.75 Å². The summed E-state index contributed by atoms with van der Waals surface area (Å²) in [6.45, 7) is 4.40. The van der Waals surface area contributed by atoms with Gasteiger partial charge >= 0.3 is 0 Å². The molecule has 6 heteroatoms. The average molecular weight is 312 g/mol. The van der Waals surface area contributed by atoms with Crippen molar-refractivity contribution in [3.63, 3.8) is 0 Å². The minimum atomic E-state index is -3.40. The molecule has 2 aliphatic heterocycles. The summed E-state index contributed by atoms with van der Waals surface area (Å²) in [5.74, 6) is -0.515. The number of piperazine rings is 1. The van der Waals surface area contributed by atoms with Crippen LogP contribution in [0.15, 0.2) is 24.3 Å². The van der Waals surface area contributed by atoms with Crippen molar-refractivity contribution in [2.75, 3.05) is 19.6 Å². The van der Waals surface area contributed by atoms with E-state index in [1.54, 1.807) is 16.4 Å². The van der Waals surface area contributed by atoms with Gasteiger partial charge < -0.3 is 0 Å². The van der Waals surface area contributed by atoms with E-state index in [2.05, 4.69) is 4.90 Å². The first kappa shape index (κ1) is 14.9. The van der Waals surface area contributed by atoms with E-state index in [1.807, 2.05) is 6.92 Å². The molecule has 1 aromatic rings. The number of benzene rings is 1. The molecule has 0 amide bonds. The van der Waals surface area contributed by atoms with Gasteiger partial charge in [-0.2, -0.15) is 4.31 Å². The number of nitrogens with zero attached hydrogens (tertiary/aromatic N) is 2. The van der Waals surface area contributed by atoms with Crippen molar-refractivity contribution in [2.45, 2.75) is 37.6 Å². The summed E-state index contributed by atoms with van der Waals surface area (Å²) in [4.78, 5) is 2.39. The third kappa shape index (κ3) is 3.12. The third-order valence-corrected chi connectivity index (χ3v) is 6.40. The minimum absolute atomic E-state index is 0.0158. The molecule has 1 aromatic carbocycles. The molecule has 2 atom stereocenters. The fourth-order valence-corrected chi connectivity index (χ4v) is 5.25. The number of rotatable bonds is 3. The van der Waals surface area contributed by atoms with Crippen LogP contribution < -0.4 is 0 Å². The maximum absolute atomic E-state index is 13.2. The summed E-state index contributed by atoms with van der Waals surface area (Å²) in [6.07, 6.45) is 2.22. The molecule has 0 saturated carbocycles. The van der Waals surface area contributed by atoms with Crippen molar-refractivity contribution >= 4 is 10.0 Å². The van der Waals surface area contributed by atoms with Gasteiger partial charge in [0.2, 0.25) is 10.0 Å². The summed E-state index contributed by atoms with van der Waals surface area (Å²) in [7, 11) is -3.40. The SMILES string of the molecule is C[C@@H]1CN2CCC[C@@H]2CN1S(=O)(=O)Cc1cccc(F)c1. The second kappa shape index (κ2) is 5.66. The summed E-state index contributed by atoms with van der Waals surface area (Å²) in [5, 5.41) is 0. The van der Waals surface area contributed by atoms with Crippen molar-refractivity contribution in [3.8, 4) is 0 Å². The molecule has 116 valence electrons. The van der Waals surface area contributed by atoms with Crippen molar-refractivity contribution in [3.05, 3.63) is 35.6 Å². The highest BCUT2D eigenvalue weighted by atomic mass is 32.2. The van der Waals surface area contributed by atoms with E-state index in [0.717, 1.165) is 25.9 Å². The normalized spacial score (nSPS) is 27.7. The minimum Gasteiger partial charge on any atom is -0.297 e. The van der Waals surface area contributed by atoms with E-state index in [9.17, 15) is 12.8 Å². The Bertz CT molecular complexity index is 620. The highest BCUT2D eigenvalue weighted by Crippen LogP contribution is 2.27. The van der Waals surface area contributed by atoms with E-state index < -0.39 is 15.8 Å². The molecule has 0 aromatic heterocycles. The third-order valence-electron chi connectivity index (χ3n) is 4.48. The highest BCUT2D eigenvalue weighted by Gasteiger charge is 2.39. The lowest BCUT2D eigenvalue weighted by molar-refractivity contribution is 0.117. The largest absolute Gasteiger partial charge is 0.297 e. The van der Waals surface area contributed by atoms with Crippen LogP contribution in [-0.2, 0) is 15.8 Å². The predicted octanol–water partition coefficient (Wildman–Crippen LogP) is 1.82. The van der Waals surface area contributed by atoms with Gasteiger partial charge in [-0.15, -0.1) is 0 Å². The smallest absolute Gasteiger partial charge is 0.218 e. The summed E-state index contributed by atoms with van der Waals surface area (Å²) in [5.41, 5.74) is 0.510. The first-order valence-corrected chi connectivity index (χ1v) is 9.04. The van der Waals surface area contributed by atoms with Crippen LogP contribution in [0.5, 0.6) is 0 Å². The molecule has 0 radical (unpaired) electrons. The molecule has 0 spiro atoms. The van der Waals surface area contributed by atoms with Gasteiger partial charge in [-0.05, 0) is 44.0 Å². The van der Waals surface area contributed by atoms with Crippen LogP contribution in [0.25, 0.3) is 0 Å². The second-order valence-corrected chi connectivity index (χ2v) is 8.02. The molecule has 2 aliphatic rings. The van der Waals surface area contributed by atoms with E-state index >= 15 is 0 Å². The van der Waals surface area contributed by atoms with E-state index in [1.165, 1.54) is 12.1 Å². The van der Waals surface area contributed by atoms with Crippen molar-refractivity contribution < 1.29 is 12.8 Å². The van der Waals surface area contributed by atoms with Gasteiger partial charge in [0.15, 0.2) is 0 Å². The summed E-state index contributed by atoms with van der Waals surface area (Å²) in [6, 6.07) is 6.18. The fourth-order valence-electron chi connectivity index (χ4n) is 3.47. The number of hydrogen-bond acceptors (Lipinski definition) is 3. The zero-order valence-corrected chi connectivity index (χ0v) is 13.0. The molecule has 2 heterocycles. The number of halogens is 1. The van der Waals surface area contributed by atoms with Crippen molar-refractivity contribution in [2.24, 2.45) is 0 Å². The Labute approximate surface area is 125 Å². The van der Waals surface area contributed by atoms with Crippen LogP contribution in [0, 0.1) is 5.82 Å². The maximum atomic E-state index is 13.2. The van der Waals surface area contributed by atoms with Gasteiger partial charge in [-0.25, -0.2) is 12.8 Å². The van der Waals surface area contributed by atoms with Crippen LogP contribution in [0.2, 0.25) is 0 Å². The lowest BCUT2D eigenvalue weighted by atomic mass is 10.1. The fraction of sp³-hybridized carbons (Fsp3) is 0.600. The molecule has 2 fully saturated rings. The second-order valence-electron chi connectivity index (χ2n) is 6.10. The Balaban J connectivity index is 1.77. The van der Waals surface area contributed by atoms with Crippen molar-refractivity contribution in [1.82, 2.24) is 9.21 Å². The van der Waals surface area contributed by atoms with Crippen LogP contribution in [0.1, 0.15) is 25.3 Å². The quantitative estimate of drug-likeness (QED) is 0.855. The lowest BCUT2D eigenvalue weighted by Crippen LogP contribution is -2.56. The van der Waals surface area contributed by atoms with E-state index in [4.69, 9.17) is 0 Å². The molecule has 4 nitrogen and oxygen atoms in total. The van der Waals surface area contributed by atoms with Gasteiger partial charge in [-0.1, -0.05) is 12.1 Å². The number of hydrogen-bond donors (Lipinski definition) is 0. The van der Waals surface area contributed by atoms with Crippen molar-refractivity contribution in [1.29, 1.82) is 0 Å². The molecule has 0 bridgehead atoms. The van der Waals surface area contributed by atoms with Crippen LogP contribution in [-0.4, -0.2) is 49.3 Å². The topological polar surface area (TPSA) is 40.6 Å². The predicted molar refractivity (Wildman–Crippen MR) is 79.8 cm³/mol. The Hall–Kier alpha value is -0.980. The van der Waals surface area contributed by atoms with Gasteiger partial charge in [0.25, 0.3) is 0 Å². The summed E-state index contributed by atoms with van der Waals surface area (Å²) >= 11 is 0. The Morgan fingerprint density at radius 3 is 2.90 bits per heavy atom. The molecule has 3 rings (SSSR count). The standard InChI is InChI=1S/C15H21FN2O2S/c1-12-9-17-7-3-6-15(17)10-18(12)21(19,20)11-13-4-2-5-14(16)8-13/h2,4-5,8,12,15H,3,6-7,9-11H2,1H3/t12-,15-/m1/s1. The molecular weight excluding hydrogens is 291 g/mol. The molecule has 2 saturated heterocycles. The Kier molecular flexibility index (Phi) is 4.03. The van der Waals surface area contributed by atoms with E-state index in [-0.39, 0.29) is 11.8 Å². The van der Waals surface area contributed by atoms with Crippen LogP contribution in [0.4, 0.5) is 4.39 Å². The van der Waals surface area contributed by atoms with Gasteiger partial charge in [-0.3, -0.25) is 4.90 Å². The number of fused-ring (bicyclic) bond motifs is 1. The highest BCUT2D eigenvalue weighted by molar-refractivity contribution is 7.88. The maximum Gasteiger partial charge on any atom is 0.218 e. The van der Waals surface area contributed by atoms with Gasteiger partial charge in [0, 0.05) is 25.2 Å². The van der Waals surface area contributed by atoms with E-state index in [0.29, 0.717) is 18.2 Å². The van der Waals surface area contributed by atoms with Crippen LogP contribution in [0.3, 0.4) is 0 Å². The zero-order chi connectivity index (χ0) is 15.0.